The van der Waals surface area contributed by atoms with E-state index in [4.69, 9.17) is 5.11 Å². The quantitative estimate of drug-likeness (QED) is 0.821. The highest BCUT2D eigenvalue weighted by Gasteiger charge is 2.31. The summed E-state index contributed by atoms with van der Waals surface area (Å²) in [6, 6.07) is 0.308. The van der Waals surface area contributed by atoms with Gasteiger partial charge < -0.3 is 10.0 Å². The van der Waals surface area contributed by atoms with Crippen LogP contribution in [0.1, 0.15) is 57.8 Å². The summed E-state index contributed by atoms with van der Waals surface area (Å²) < 4.78 is 0. The van der Waals surface area contributed by atoms with Gasteiger partial charge in [-0.05, 0) is 38.5 Å². The van der Waals surface area contributed by atoms with Gasteiger partial charge >= 0.3 is 0 Å². The molecule has 2 aliphatic rings. The Hall–Kier alpha value is -0.570. The molecule has 2 fully saturated rings. The molecule has 0 radical (unpaired) electrons. The monoisotopic (exact) mass is 239 g/mol. The summed E-state index contributed by atoms with van der Waals surface area (Å²) in [5, 5.41) is 9.09. The predicted molar refractivity (Wildman–Crippen MR) is 67.6 cm³/mol. The Bertz CT molecular complexity index is 247. The minimum Gasteiger partial charge on any atom is -0.396 e. The number of aliphatic hydroxyl groups is 1. The van der Waals surface area contributed by atoms with Crippen molar-refractivity contribution in [1.82, 2.24) is 4.90 Å². The Morgan fingerprint density at radius 2 is 1.76 bits per heavy atom. The summed E-state index contributed by atoms with van der Waals surface area (Å²) in [7, 11) is 0. The third-order valence-electron chi connectivity index (χ3n) is 4.33. The Balaban J connectivity index is 1.94. The van der Waals surface area contributed by atoms with Crippen LogP contribution in [0.3, 0.4) is 0 Å². The lowest BCUT2D eigenvalue weighted by atomic mass is 9.87. The topological polar surface area (TPSA) is 40.5 Å². The largest absolute Gasteiger partial charge is 0.396 e. The summed E-state index contributed by atoms with van der Waals surface area (Å²) in [5.41, 5.74) is 0. The molecule has 1 aliphatic carbocycles. The minimum atomic E-state index is 0.207. The minimum absolute atomic E-state index is 0.207. The maximum atomic E-state index is 12.5. The lowest BCUT2D eigenvalue weighted by Crippen LogP contribution is -2.47. The van der Waals surface area contributed by atoms with Gasteiger partial charge in [0.1, 0.15) is 0 Å². The zero-order valence-corrected chi connectivity index (χ0v) is 10.7. The molecule has 98 valence electrons. The van der Waals surface area contributed by atoms with Crippen molar-refractivity contribution in [3.63, 3.8) is 0 Å². The van der Waals surface area contributed by atoms with Gasteiger partial charge in [-0.3, -0.25) is 4.79 Å². The van der Waals surface area contributed by atoms with E-state index in [9.17, 15) is 4.79 Å². The van der Waals surface area contributed by atoms with Crippen molar-refractivity contribution in [3.05, 3.63) is 0 Å². The van der Waals surface area contributed by atoms with Gasteiger partial charge in [-0.15, -0.1) is 0 Å². The number of hydrogen-bond acceptors (Lipinski definition) is 2. The van der Waals surface area contributed by atoms with Crippen molar-refractivity contribution in [3.8, 4) is 0 Å². The third kappa shape index (κ3) is 3.21. The fourth-order valence-electron chi connectivity index (χ4n) is 3.32. The zero-order chi connectivity index (χ0) is 12.1. The fourth-order valence-corrected chi connectivity index (χ4v) is 3.32. The van der Waals surface area contributed by atoms with Crippen molar-refractivity contribution in [2.45, 2.75) is 63.8 Å². The van der Waals surface area contributed by atoms with E-state index < -0.39 is 0 Å². The van der Waals surface area contributed by atoms with E-state index in [-0.39, 0.29) is 12.5 Å². The van der Waals surface area contributed by atoms with Gasteiger partial charge in [-0.25, -0.2) is 0 Å². The average Bonchev–Trinajstić information content (AvgIpc) is 2.40. The van der Waals surface area contributed by atoms with Gasteiger partial charge in [0, 0.05) is 25.1 Å². The highest BCUT2D eigenvalue weighted by molar-refractivity contribution is 5.79. The first kappa shape index (κ1) is 12.9. The molecule has 3 nitrogen and oxygen atoms in total. The van der Waals surface area contributed by atoms with Crippen LogP contribution in [0.4, 0.5) is 0 Å². The highest BCUT2D eigenvalue weighted by Crippen LogP contribution is 2.29. The van der Waals surface area contributed by atoms with E-state index in [1.807, 2.05) is 0 Å². The molecular weight excluding hydrogens is 214 g/mol. The average molecular weight is 239 g/mol. The van der Waals surface area contributed by atoms with Gasteiger partial charge in [0.25, 0.3) is 0 Å². The second-order valence-corrected chi connectivity index (χ2v) is 5.53. The van der Waals surface area contributed by atoms with E-state index in [1.165, 1.54) is 25.7 Å². The van der Waals surface area contributed by atoms with Gasteiger partial charge in [0.15, 0.2) is 0 Å². The van der Waals surface area contributed by atoms with Gasteiger partial charge in [-0.2, -0.15) is 0 Å². The number of likely N-dealkylation sites (tertiary alicyclic amines) is 1. The third-order valence-corrected chi connectivity index (χ3v) is 4.33. The number of nitrogens with zero attached hydrogens (tertiary/aromatic N) is 1. The number of amides is 1. The number of piperidine rings is 1. The molecular formula is C14H25NO2. The molecule has 1 N–H and O–H groups in total. The van der Waals surface area contributed by atoms with Crippen LogP contribution in [0.15, 0.2) is 0 Å². The van der Waals surface area contributed by atoms with E-state index in [1.54, 1.807) is 0 Å². The van der Waals surface area contributed by atoms with Crippen molar-refractivity contribution in [2.24, 2.45) is 5.92 Å². The summed E-state index contributed by atoms with van der Waals surface area (Å²) in [4.78, 5) is 14.6. The van der Waals surface area contributed by atoms with E-state index in [2.05, 4.69) is 4.90 Å². The number of rotatable bonds is 3. The lowest BCUT2D eigenvalue weighted by molar-refractivity contribution is -0.140. The van der Waals surface area contributed by atoms with E-state index in [0.29, 0.717) is 11.9 Å². The molecule has 0 aromatic heterocycles. The summed E-state index contributed by atoms with van der Waals surface area (Å²) in [5.74, 6) is 0.658. The Morgan fingerprint density at radius 3 is 2.47 bits per heavy atom. The molecule has 1 aliphatic heterocycles. The second-order valence-electron chi connectivity index (χ2n) is 5.53. The van der Waals surface area contributed by atoms with Crippen molar-refractivity contribution in [1.29, 1.82) is 0 Å². The van der Waals surface area contributed by atoms with Crippen LogP contribution in [0.2, 0.25) is 0 Å². The standard InChI is InChI=1S/C14H25NO2/c16-11-9-13-8-4-5-10-15(13)14(17)12-6-2-1-3-7-12/h12-13,16H,1-11H2/t13-/m0/s1. The lowest BCUT2D eigenvalue weighted by Gasteiger charge is -2.38. The Morgan fingerprint density at radius 1 is 1.06 bits per heavy atom. The number of aliphatic hydroxyl groups excluding tert-OH is 1. The zero-order valence-electron chi connectivity index (χ0n) is 10.7. The molecule has 17 heavy (non-hydrogen) atoms. The Kier molecular flexibility index (Phi) is 4.84. The molecule has 0 aromatic rings. The van der Waals surface area contributed by atoms with Crippen LogP contribution in [-0.2, 0) is 4.79 Å². The summed E-state index contributed by atoms with van der Waals surface area (Å²) in [6.07, 6.45) is 10.1. The van der Waals surface area contributed by atoms with Crippen LogP contribution < -0.4 is 0 Å². The molecule has 0 bridgehead atoms. The normalized spacial score (nSPS) is 27.1. The first-order valence-electron chi connectivity index (χ1n) is 7.24. The van der Waals surface area contributed by atoms with Gasteiger partial charge in [0.05, 0.1) is 0 Å². The summed E-state index contributed by atoms with van der Waals surface area (Å²) in [6.45, 7) is 1.12. The van der Waals surface area contributed by atoms with Crippen molar-refractivity contribution >= 4 is 5.91 Å². The highest BCUT2D eigenvalue weighted by atomic mass is 16.3. The molecule has 1 amide bonds. The van der Waals surface area contributed by atoms with Crippen LogP contribution >= 0.6 is 0 Å². The Labute approximate surface area is 104 Å². The fraction of sp³-hybridized carbons (Fsp3) is 0.929. The van der Waals surface area contributed by atoms with Crippen LogP contribution in [0, 0.1) is 5.92 Å². The molecule has 0 unspecified atom stereocenters. The van der Waals surface area contributed by atoms with Crippen LogP contribution in [-0.4, -0.2) is 35.1 Å². The SMILES string of the molecule is O=C(C1CCCCC1)N1CCCC[C@H]1CCO. The first-order valence-corrected chi connectivity index (χ1v) is 7.24. The van der Waals surface area contributed by atoms with E-state index in [0.717, 1.165) is 38.6 Å². The van der Waals surface area contributed by atoms with Crippen molar-refractivity contribution < 1.29 is 9.90 Å². The molecule has 1 atom stereocenters. The molecule has 1 saturated carbocycles. The van der Waals surface area contributed by atoms with Gasteiger partial charge in [-0.1, -0.05) is 19.3 Å². The maximum absolute atomic E-state index is 12.5. The number of carbonyl (C=O) groups is 1. The van der Waals surface area contributed by atoms with Crippen LogP contribution in [0.5, 0.6) is 0 Å². The smallest absolute Gasteiger partial charge is 0.225 e. The van der Waals surface area contributed by atoms with Crippen molar-refractivity contribution in [2.75, 3.05) is 13.2 Å². The molecule has 0 aromatic carbocycles. The van der Waals surface area contributed by atoms with Crippen LogP contribution in [0.25, 0.3) is 0 Å². The molecule has 0 spiro atoms. The molecule has 3 heteroatoms. The second kappa shape index (κ2) is 6.39. The number of carbonyl (C=O) groups excluding carboxylic acids is 1. The summed E-state index contributed by atoms with van der Waals surface area (Å²) >= 11 is 0. The molecule has 2 rings (SSSR count). The maximum Gasteiger partial charge on any atom is 0.225 e. The first-order chi connectivity index (χ1) is 8.33. The predicted octanol–water partition coefficient (Wildman–Crippen LogP) is 2.33. The molecule has 1 heterocycles. The molecule has 1 saturated heterocycles. The number of hydrogen-bond donors (Lipinski definition) is 1. The van der Waals surface area contributed by atoms with Gasteiger partial charge in [0.2, 0.25) is 5.91 Å². The van der Waals surface area contributed by atoms with E-state index >= 15 is 0 Å².